The van der Waals surface area contributed by atoms with Gasteiger partial charge in [0.15, 0.2) is 16.7 Å². The Morgan fingerprint density at radius 3 is 2.63 bits per heavy atom. The van der Waals surface area contributed by atoms with Crippen LogP contribution in [0, 0.1) is 6.92 Å². The fourth-order valence-corrected chi connectivity index (χ4v) is 3.90. The summed E-state index contributed by atoms with van der Waals surface area (Å²) in [5, 5.41) is 3.62. The topological polar surface area (TPSA) is 73.3 Å². The molecule has 154 valence electrons. The van der Waals surface area contributed by atoms with Crippen molar-refractivity contribution in [1.82, 2.24) is 15.3 Å². The molecule has 1 amide bonds. The molecule has 6 nitrogen and oxygen atoms in total. The van der Waals surface area contributed by atoms with E-state index in [1.165, 1.54) is 11.8 Å². The van der Waals surface area contributed by atoms with Gasteiger partial charge in [0.05, 0.1) is 17.5 Å². The lowest BCUT2D eigenvalue weighted by molar-refractivity contribution is -0.119. The number of fused-ring (bicyclic) bond motifs is 1. The Morgan fingerprint density at radius 2 is 1.83 bits per heavy atom. The number of aryl methyl sites for hydroxylation is 1. The maximum absolute atomic E-state index is 12.5. The summed E-state index contributed by atoms with van der Waals surface area (Å²) in [5.41, 5.74) is 3.73. The van der Waals surface area contributed by atoms with Gasteiger partial charge < -0.3 is 14.8 Å². The Labute approximate surface area is 180 Å². The van der Waals surface area contributed by atoms with E-state index in [4.69, 9.17) is 9.47 Å². The second kappa shape index (κ2) is 9.17. The number of nitrogens with zero attached hydrogens (tertiary/aromatic N) is 2. The molecule has 0 unspecified atom stereocenters. The molecule has 7 heteroatoms. The largest absolute Gasteiger partial charge is 0.486 e. The second-order valence-corrected chi connectivity index (χ2v) is 7.97. The van der Waals surface area contributed by atoms with Gasteiger partial charge in [-0.15, -0.1) is 0 Å². The lowest BCUT2D eigenvalue weighted by atomic mass is 10.1. The van der Waals surface area contributed by atoms with E-state index < -0.39 is 0 Å². The van der Waals surface area contributed by atoms with Crippen LogP contribution in [0.2, 0.25) is 0 Å². The maximum atomic E-state index is 12.5. The molecular weight excluding hydrogens is 398 g/mol. The molecule has 2 heterocycles. The molecular formula is C23H23N3O3S. The SMILES string of the molecule is Cc1cc(-c2ccccc2)nc(SCC(=O)N[C@H](C)c2ccc3c(c2)OCCO3)n1. The number of aromatic nitrogens is 2. The van der Waals surface area contributed by atoms with Crippen molar-refractivity contribution >= 4 is 17.7 Å². The molecule has 0 bridgehead atoms. The first-order valence-corrected chi connectivity index (χ1v) is 10.8. The summed E-state index contributed by atoms with van der Waals surface area (Å²) < 4.78 is 11.2. The molecule has 0 aliphatic carbocycles. The van der Waals surface area contributed by atoms with Crippen molar-refractivity contribution in [3.05, 3.63) is 65.9 Å². The Bertz CT molecular complexity index is 1040. The van der Waals surface area contributed by atoms with E-state index in [-0.39, 0.29) is 17.7 Å². The quantitative estimate of drug-likeness (QED) is 0.475. The Morgan fingerprint density at radius 1 is 1.07 bits per heavy atom. The number of thioether (sulfide) groups is 1. The highest BCUT2D eigenvalue weighted by Crippen LogP contribution is 2.32. The number of hydrogen-bond donors (Lipinski definition) is 1. The number of carbonyl (C=O) groups is 1. The van der Waals surface area contributed by atoms with Crippen molar-refractivity contribution in [3.63, 3.8) is 0 Å². The van der Waals surface area contributed by atoms with Gasteiger partial charge in [0.1, 0.15) is 13.2 Å². The fraction of sp³-hybridized carbons (Fsp3) is 0.261. The standard InChI is InChI=1S/C23H23N3O3S/c1-15-12-19(17-6-4-3-5-7-17)26-23(24-15)30-14-22(27)25-16(2)18-8-9-20-21(13-18)29-11-10-28-20/h3-9,12-13,16H,10-11,14H2,1-2H3,(H,25,27)/t16-/m1/s1. The highest BCUT2D eigenvalue weighted by atomic mass is 32.2. The third-order valence-electron chi connectivity index (χ3n) is 4.68. The van der Waals surface area contributed by atoms with Gasteiger partial charge in [0, 0.05) is 11.3 Å². The summed E-state index contributed by atoms with van der Waals surface area (Å²) in [6.07, 6.45) is 0. The average molecular weight is 422 g/mol. The smallest absolute Gasteiger partial charge is 0.230 e. The number of rotatable bonds is 6. The van der Waals surface area contributed by atoms with Gasteiger partial charge in [-0.3, -0.25) is 4.79 Å². The number of benzene rings is 2. The highest BCUT2D eigenvalue weighted by molar-refractivity contribution is 7.99. The van der Waals surface area contributed by atoms with Crippen LogP contribution in [0.3, 0.4) is 0 Å². The van der Waals surface area contributed by atoms with Gasteiger partial charge >= 0.3 is 0 Å². The lowest BCUT2D eigenvalue weighted by Gasteiger charge is -2.21. The van der Waals surface area contributed by atoms with Crippen LogP contribution in [0.25, 0.3) is 11.3 Å². The minimum Gasteiger partial charge on any atom is -0.486 e. The Hall–Kier alpha value is -3.06. The van der Waals surface area contributed by atoms with E-state index >= 15 is 0 Å². The average Bonchev–Trinajstić information content (AvgIpc) is 2.77. The number of nitrogens with one attached hydrogen (secondary N) is 1. The van der Waals surface area contributed by atoms with E-state index in [1.807, 2.05) is 68.4 Å². The zero-order chi connectivity index (χ0) is 20.9. The van der Waals surface area contributed by atoms with Gasteiger partial charge in [0.2, 0.25) is 5.91 Å². The number of amides is 1. The molecule has 1 aliphatic rings. The molecule has 1 aliphatic heterocycles. The molecule has 0 spiro atoms. The number of carbonyl (C=O) groups excluding carboxylic acids is 1. The molecule has 2 aromatic carbocycles. The summed E-state index contributed by atoms with van der Waals surface area (Å²) >= 11 is 1.33. The van der Waals surface area contributed by atoms with Crippen LogP contribution in [0.5, 0.6) is 11.5 Å². The maximum Gasteiger partial charge on any atom is 0.230 e. The number of hydrogen-bond acceptors (Lipinski definition) is 6. The van der Waals surface area contributed by atoms with Crippen LogP contribution < -0.4 is 14.8 Å². The van der Waals surface area contributed by atoms with Crippen molar-refractivity contribution in [1.29, 1.82) is 0 Å². The third-order valence-corrected chi connectivity index (χ3v) is 5.53. The molecule has 3 aromatic rings. The van der Waals surface area contributed by atoms with Gasteiger partial charge in [-0.25, -0.2) is 9.97 Å². The summed E-state index contributed by atoms with van der Waals surface area (Å²) in [7, 11) is 0. The summed E-state index contributed by atoms with van der Waals surface area (Å²) in [6.45, 7) is 4.98. The van der Waals surface area contributed by atoms with Crippen molar-refractivity contribution in [2.75, 3.05) is 19.0 Å². The van der Waals surface area contributed by atoms with Crippen molar-refractivity contribution in [2.24, 2.45) is 0 Å². The van der Waals surface area contributed by atoms with Crippen LogP contribution in [-0.4, -0.2) is 34.8 Å². The normalized spacial score (nSPS) is 13.5. The lowest BCUT2D eigenvalue weighted by Crippen LogP contribution is -2.28. The first kappa shape index (κ1) is 20.2. The monoisotopic (exact) mass is 421 g/mol. The minimum absolute atomic E-state index is 0.0752. The predicted octanol–water partition coefficient (Wildman–Crippen LogP) is 4.19. The van der Waals surface area contributed by atoms with E-state index in [0.29, 0.717) is 18.4 Å². The fourth-order valence-electron chi connectivity index (χ4n) is 3.19. The highest BCUT2D eigenvalue weighted by Gasteiger charge is 2.16. The Balaban J connectivity index is 1.37. The zero-order valence-corrected chi connectivity index (χ0v) is 17.7. The molecule has 30 heavy (non-hydrogen) atoms. The van der Waals surface area contributed by atoms with Gasteiger partial charge in [-0.1, -0.05) is 48.2 Å². The first-order valence-electron chi connectivity index (χ1n) is 9.81. The molecule has 0 saturated heterocycles. The zero-order valence-electron chi connectivity index (χ0n) is 16.9. The van der Waals surface area contributed by atoms with E-state index in [9.17, 15) is 4.79 Å². The van der Waals surface area contributed by atoms with E-state index in [2.05, 4.69) is 15.3 Å². The van der Waals surface area contributed by atoms with Gasteiger partial charge in [-0.2, -0.15) is 0 Å². The van der Waals surface area contributed by atoms with Crippen molar-refractivity contribution < 1.29 is 14.3 Å². The van der Waals surface area contributed by atoms with Crippen molar-refractivity contribution in [3.8, 4) is 22.8 Å². The van der Waals surface area contributed by atoms with Crippen LogP contribution in [0.15, 0.2) is 59.8 Å². The van der Waals surface area contributed by atoms with Crippen LogP contribution in [0.1, 0.15) is 24.2 Å². The minimum atomic E-state index is -0.146. The third kappa shape index (κ3) is 4.91. The molecule has 0 radical (unpaired) electrons. The molecule has 4 rings (SSSR count). The van der Waals surface area contributed by atoms with Crippen LogP contribution in [-0.2, 0) is 4.79 Å². The van der Waals surface area contributed by atoms with E-state index in [1.54, 1.807) is 0 Å². The first-order chi connectivity index (χ1) is 14.6. The van der Waals surface area contributed by atoms with Crippen LogP contribution >= 0.6 is 11.8 Å². The summed E-state index contributed by atoms with van der Waals surface area (Å²) in [6, 6.07) is 17.5. The Kier molecular flexibility index (Phi) is 6.18. The molecule has 1 aromatic heterocycles. The van der Waals surface area contributed by atoms with Gasteiger partial charge in [-0.05, 0) is 37.6 Å². The molecule has 1 atom stereocenters. The molecule has 1 N–H and O–H groups in total. The predicted molar refractivity (Wildman–Crippen MR) is 117 cm³/mol. The summed E-state index contributed by atoms with van der Waals surface area (Å²) in [5.74, 6) is 1.63. The van der Waals surface area contributed by atoms with Crippen LogP contribution in [0.4, 0.5) is 0 Å². The number of ether oxygens (including phenoxy) is 2. The van der Waals surface area contributed by atoms with Gasteiger partial charge in [0.25, 0.3) is 0 Å². The van der Waals surface area contributed by atoms with E-state index in [0.717, 1.165) is 34.0 Å². The molecule has 0 fully saturated rings. The second-order valence-electron chi connectivity index (χ2n) is 7.02. The summed E-state index contributed by atoms with van der Waals surface area (Å²) in [4.78, 5) is 21.5. The van der Waals surface area contributed by atoms with Crippen molar-refractivity contribution in [2.45, 2.75) is 25.0 Å². The molecule has 0 saturated carbocycles.